The van der Waals surface area contributed by atoms with Gasteiger partial charge >= 0.3 is 0 Å². The fraction of sp³-hybridized carbons (Fsp3) is 0.583. The van der Waals surface area contributed by atoms with Crippen molar-refractivity contribution in [1.82, 2.24) is 19.4 Å². The topological polar surface area (TPSA) is 41.4 Å². The third-order valence-electron chi connectivity index (χ3n) is 7.72. The summed E-state index contributed by atoms with van der Waals surface area (Å²) in [4.78, 5) is 24.2. The first-order valence-electron chi connectivity index (χ1n) is 11.6. The summed E-state index contributed by atoms with van der Waals surface area (Å²) >= 11 is 1.53. The summed E-state index contributed by atoms with van der Waals surface area (Å²) in [5.41, 5.74) is 2.41. The summed E-state index contributed by atoms with van der Waals surface area (Å²) in [5.74, 6) is 1.49. The van der Waals surface area contributed by atoms with Crippen molar-refractivity contribution >= 4 is 17.2 Å². The van der Waals surface area contributed by atoms with Crippen LogP contribution < -0.4 is 0 Å². The highest BCUT2D eigenvalue weighted by Gasteiger charge is 2.47. The lowest BCUT2D eigenvalue weighted by Gasteiger charge is -2.54. The molecule has 158 valence electrons. The van der Waals surface area contributed by atoms with Crippen LogP contribution in [0.1, 0.15) is 53.9 Å². The number of carbonyl (C=O) groups excluding carboxylic acids is 1. The number of hydrogen-bond donors (Lipinski definition) is 0. The second kappa shape index (κ2) is 7.34. The van der Waals surface area contributed by atoms with Gasteiger partial charge in [0.05, 0.1) is 11.7 Å². The minimum Gasteiger partial charge on any atom is -0.331 e. The van der Waals surface area contributed by atoms with E-state index >= 15 is 0 Å². The Kier molecular flexibility index (Phi) is 4.61. The van der Waals surface area contributed by atoms with Gasteiger partial charge in [-0.05, 0) is 69.5 Å². The first kappa shape index (κ1) is 18.8. The molecule has 2 bridgehead atoms. The van der Waals surface area contributed by atoms with E-state index < -0.39 is 0 Å². The van der Waals surface area contributed by atoms with Crippen LogP contribution in [0.3, 0.4) is 0 Å². The molecule has 0 aromatic carbocycles. The minimum atomic E-state index is 0.193. The average molecular weight is 423 g/mol. The van der Waals surface area contributed by atoms with Crippen LogP contribution >= 0.6 is 11.3 Å². The van der Waals surface area contributed by atoms with E-state index in [1.54, 1.807) is 5.57 Å². The zero-order valence-corrected chi connectivity index (χ0v) is 18.5. The fourth-order valence-corrected chi connectivity index (χ4v) is 7.47. The smallest absolute Gasteiger partial charge is 0.266 e. The zero-order valence-electron chi connectivity index (χ0n) is 17.7. The van der Waals surface area contributed by atoms with E-state index in [1.807, 2.05) is 36.0 Å². The molecular formula is C24H30N4OS. The Morgan fingerprint density at radius 3 is 2.90 bits per heavy atom. The quantitative estimate of drug-likeness (QED) is 0.679. The van der Waals surface area contributed by atoms with Gasteiger partial charge in [-0.25, -0.2) is 4.98 Å². The van der Waals surface area contributed by atoms with Gasteiger partial charge in [0.2, 0.25) is 0 Å². The maximum atomic E-state index is 13.7. The van der Waals surface area contributed by atoms with Gasteiger partial charge in [-0.15, -0.1) is 0 Å². The molecule has 5 nitrogen and oxygen atoms in total. The highest BCUT2D eigenvalue weighted by molar-refractivity contribution is 7.16. The van der Waals surface area contributed by atoms with E-state index in [0.717, 1.165) is 34.7 Å². The van der Waals surface area contributed by atoms with Crippen molar-refractivity contribution in [3.8, 4) is 5.13 Å². The van der Waals surface area contributed by atoms with Crippen LogP contribution in [0.2, 0.25) is 0 Å². The predicted molar refractivity (Wildman–Crippen MR) is 119 cm³/mol. The molecule has 2 aromatic heterocycles. The average Bonchev–Trinajstić information content (AvgIpc) is 3.43. The van der Waals surface area contributed by atoms with E-state index in [9.17, 15) is 4.79 Å². The van der Waals surface area contributed by atoms with Gasteiger partial charge in [-0.3, -0.25) is 9.69 Å². The molecule has 0 spiro atoms. The summed E-state index contributed by atoms with van der Waals surface area (Å²) in [7, 11) is 0. The maximum absolute atomic E-state index is 13.7. The highest BCUT2D eigenvalue weighted by Crippen LogP contribution is 2.45. The van der Waals surface area contributed by atoms with Crippen molar-refractivity contribution in [1.29, 1.82) is 0 Å². The van der Waals surface area contributed by atoms with Crippen LogP contribution in [0.25, 0.3) is 5.13 Å². The van der Waals surface area contributed by atoms with Crippen LogP contribution in [-0.4, -0.2) is 57.0 Å². The Balaban J connectivity index is 1.31. The molecule has 3 fully saturated rings. The molecule has 3 saturated heterocycles. The monoisotopic (exact) mass is 422 g/mol. The molecule has 1 aliphatic carbocycles. The third-order valence-corrected chi connectivity index (χ3v) is 8.88. The Labute approximate surface area is 182 Å². The number of carbonyl (C=O) groups is 1. The molecule has 0 radical (unpaired) electrons. The summed E-state index contributed by atoms with van der Waals surface area (Å²) in [6.45, 7) is 5.27. The van der Waals surface area contributed by atoms with E-state index in [2.05, 4.69) is 15.9 Å². The Morgan fingerprint density at radius 1 is 1.17 bits per heavy atom. The molecule has 6 heteroatoms. The second-order valence-electron chi connectivity index (χ2n) is 9.51. The molecule has 30 heavy (non-hydrogen) atoms. The number of aromatic nitrogens is 2. The number of fused-ring (bicyclic) bond motifs is 6. The summed E-state index contributed by atoms with van der Waals surface area (Å²) in [5, 5.41) is 0.881. The number of rotatable bonds is 2. The van der Waals surface area contributed by atoms with Crippen LogP contribution in [0.5, 0.6) is 0 Å². The Morgan fingerprint density at radius 2 is 2.03 bits per heavy atom. The van der Waals surface area contributed by atoms with Crippen LogP contribution in [0.15, 0.2) is 36.2 Å². The number of piperidine rings is 3. The second-order valence-corrected chi connectivity index (χ2v) is 10.5. The molecule has 0 saturated carbocycles. The van der Waals surface area contributed by atoms with E-state index in [4.69, 9.17) is 4.98 Å². The van der Waals surface area contributed by atoms with Crippen molar-refractivity contribution < 1.29 is 4.79 Å². The Hall–Kier alpha value is -1.92. The van der Waals surface area contributed by atoms with Crippen LogP contribution in [0.4, 0.5) is 0 Å². The first-order valence-corrected chi connectivity index (χ1v) is 12.4. The molecule has 5 heterocycles. The van der Waals surface area contributed by atoms with E-state index in [0.29, 0.717) is 17.9 Å². The number of amides is 1. The molecule has 2 aromatic rings. The van der Waals surface area contributed by atoms with Gasteiger partial charge in [0.15, 0.2) is 5.13 Å². The van der Waals surface area contributed by atoms with Crippen molar-refractivity contribution in [2.24, 2.45) is 11.8 Å². The van der Waals surface area contributed by atoms with Gasteiger partial charge in [0.25, 0.3) is 5.91 Å². The van der Waals surface area contributed by atoms with Crippen LogP contribution in [-0.2, 0) is 0 Å². The zero-order chi connectivity index (χ0) is 20.2. The number of likely N-dealkylation sites (tertiary alicyclic amines) is 1. The molecule has 3 aliphatic heterocycles. The SMILES string of the molecule is Cc1nc(-n2cccc2)sc1C(=O)N1CCCC2=CC3CC(CN4CCCCC34)C21. The summed E-state index contributed by atoms with van der Waals surface area (Å²) < 4.78 is 2.00. The minimum absolute atomic E-state index is 0.193. The van der Waals surface area contributed by atoms with Gasteiger partial charge in [0.1, 0.15) is 4.88 Å². The molecule has 0 N–H and O–H groups in total. The molecule has 4 aliphatic rings. The van der Waals surface area contributed by atoms with Gasteiger partial charge in [-0.1, -0.05) is 29.4 Å². The first-order chi connectivity index (χ1) is 14.7. The number of nitrogens with zero attached hydrogens (tertiary/aromatic N) is 4. The fourth-order valence-electron chi connectivity index (χ4n) is 6.48. The van der Waals surface area contributed by atoms with E-state index in [-0.39, 0.29) is 5.91 Å². The van der Waals surface area contributed by atoms with E-state index in [1.165, 1.54) is 56.5 Å². The van der Waals surface area contributed by atoms with Crippen molar-refractivity contribution in [2.75, 3.05) is 19.6 Å². The molecule has 4 unspecified atom stereocenters. The summed E-state index contributed by atoms with van der Waals surface area (Å²) in [6.07, 6.45) is 14.2. The molecule has 6 rings (SSSR count). The largest absolute Gasteiger partial charge is 0.331 e. The standard InChI is InChI=1S/C24H30N4OS/c1-16-22(30-24(25-16)26-9-4-5-10-26)23(29)28-12-6-7-17-13-18-14-19(21(17)28)15-27-11-3-2-8-20(18)27/h4-5,9-10,13,18-21H,2-3,6-8,11-12,14-15H2,1H3. The number of hydrogen-bond acceptors (Lipinski definition) is 4. The predicted octanol–water partition coefficient (Wildman–Crippen LogP) is 4.28. The normalized spacial score (nSPS) is 31.1. The summed E-state index contributed by atoms with van der Waals surface area (Å²) in [6, 6.07) is 5.04. The molecule has 4 atom stereocenters. The highest BCUT2D eigenvalue weighted by atomic mass is 32.1. The lowest BCUT2D eigenvalue weighted by atomic mass is 9.68. The Bertz CT molecular complexity index is 978. The van der Waals surface area contributed by atoms with Crippen LogP contribution in [0, 0.1) is 18.8 Å². The van der Waals surface area contributed by atoms with Crippen molar-refractivity contribution in [2.45, 2.75) is 57.5 Å². The van der Waals surface area contributed by atoms with Gasteiger partial charge in [-0.2, -0.15) is 0 Å². The molecular weight excluding hydrogens is 392 g/mol. The third kappa shape index (κ3) is 2.99. The van der Waals surface area contributed by atoms with Gasteiger partial charge in [0, 0.05) is 31.5 Å². The van der Waals surface area contributed by atoms with Crippen molar-refractivity contribution in [3.63, 3.8) is 0 Å². The number of thiazole rings is 1. The molecule has 1 amide bonds. The lowest BCUT2D eigenvalue weighted by molar-refractivity contribution is 0.00159. The van der Waals surface area contributed by atoms with Gasteiger partial charge < -0.3 is 9.47 Å². The van der Waals surface area contributed by atoms with Crippen molar-refractivity contribution in [3.05, 3.63) is 46.7 Å². The number of aryl methyl sites for hydroxylation is 1. The lowest BCUT2D eigenvalue weighted by Crippen LogP contribution is -2.60. The maximum Gasteiger partial charge on any atom is 0.266 e.